The lowest BCUT2D eigenvalue weighted by Gasteiger charge is -2.26. The smallest absolute Gasteiger partial charge is 0.383 e. The number of alkyl halides is 3. The highest BCUT2D eigenvalue weighted by Crippen LogP contribution is 2.40. The molecule has 0 saturated heterocycles. The normalized spacial score (nSPS) is 17.2. The Bertz CT molecular complexity index is 876. The Labute approximate surface area is 143 Å². The first-order chi connectivity index (χ1) is 11.2. The van der Waals surface area contributed by atoms with Gasteiger partial charge in [-0.25, -0.2) is 0 Å². The molecule has 124 valence electrons. The summed E-state index contributed by atoms with van der Waals surface area (Å²) in [5.74, 6) is -1.92. The summed E-state index contributed by atoms with van der Waals surface area (Å²) in [5.41, 5.74) is 6.05. The Kier molecular flexibility index (Phi) is 3.81. The maximum atomic E-state index is 12.8. The average molecular weight is 375 g/mol. The van der Waals surface area contributed by atoms with Gasteiger partial charge in [0.25, 0.3) is 5.82 Å². The number of hydrogen-bond donors (Lipinski definition) is 2. The van der Waals surface area contributed by atoms with Gasteiger partial charge in [-0.3, -0.25) is 0 Å². The van der Waals surface area contributed by atoms with Crippen molar-refractivity contribution in [1.29, 1.82) is 5.26 Å². The molecule has 0 bridgehead atoms. The van der Waals surface area contributed by atoms with Crippen molar-refractivity contribution in [2.45, 2.75) is 12.2 Å². The van der Waals surface area contributed by atoms with E-state index in [1.807, 2.05) is 6.07 Å². The fraction of sp³-hybridized carbons (Fsp3) is 0.154. The predicted molar refractivity (Wildman–Crippen MR) is 80.9 cm³/mol. The zero-order valence-electron chi connectivity index (χ0n) is 11.6. The standard InChI is InChI=1S/C13H7Cl2F3N6/c14-6-2-1-3-7(15)8(6)9-5(4-19)10(20)24-12(21-9)22-11(23-24)13(16,17)18/h1-3,9H,20H2,(H,21,22,23)/t9-/m0/s1. The second-order valence-corrected chi connectivity index (χ2v) is 5.61. The molecule has 0 radical (unpaired) electrons. The number of nitrogens with two attached hydrogens (primary N) is 1. The molecular formula is C13H7Cl2F3N6. The second-order valence-electron chi connectivity index (χ2n) is 4.79. The van der Waals surface area contributed by atoms with E-state index in [1.54, 1.807) is 6.07 Å². The van der Waals surface area contributed by atoms with E-state index in [9.17, 15) is 18.4 Å². The van der Waals surface area contributed by atoms with Crippen molar-refractivity contribution in [1.82, 2.24) is 14.8 Å². The molecular weight excluding hydrogens is 368 g/mol. The molecule has 0 aliphatic carbocycles. The molecule has 0 saturated carbocycles. The molecule has 0 amide bonds. The van der Waals surface area contributed by atoms with Crippen LogP contribution in [0, 0.1) is 11.3 Å². The van der Waals surface area contributed by atoms with E-state index in [0.29, 0.717) is 5.56 Å². The quantitative estimate of drug-likeness (QED) is 0.797. The molecule has 2 aromatic rings. The van der Waals surface area contributed by atoms with E-state index in [-0.39, 0.29) is 27.4 Å². The van der Waals surface area contributed by atoms with Gasteiger partial charge in [0.05, 0.1) is 11.6 Å². The molecule has 11 heteroatoms. The fourth-order valence-electron chi connectivity index (χ4n) is 2.28. The van der Waals surface area contributed by atoms with Crippen LogP contribution < -0.4 is 11.1 Å². The molecule has 1 aliphatic heterocycles. The molecule has 0 unspecified atom stereocenters. The average Bonchev–Trinajstić information content (AvgIpc) is 2.92. The first-order valence-corrected chi connectivity index (χ1v) is 7.14. The SMILES string of the molecule is N#CC1=C(N)n2nc(C(F)(F)F)nc2N[C@@H]1c1c(Cl)cccc1Cl. The molecule has 0 spiro atoms. The van der Waals surface area contributed by atoms with Gasteiger partial charge < -0.3 is 11.1 Å². The highest BCUT2D eigenvalue weighted by Gasteiger charge is 2.40. The molecule has 1 atom stereocenters. The topological polar surface area (TPSA) is 92.5 Å². The van der Waals surface area contributed by atoms with E-state index in [0.717, 1.165) is 4.68 Å². The first kappa shape index (κ1) is 16.4. The van der Waals surface area contributed by atoms with Crippen LogP contribution in [0.5, 0.6) is 0 Å². The van der Waals surface area contributed by atoms with Crippen LogP contribution in [0.3, 0.4) is 0 Å². The third kappa shape index (κ3) is 2.53. The van der Waals surface area contributed by atoms with Crippen LogP contribution in [-0.2, 0) is 6.18 Å². The summed E-state index contributed by atoms with van der Waals surface area (Å²) in [7, 11) is 0. The van der Waals surface area contributed by atoms with E-state index < -0.39 is 18.0 Å². The van der Waals surface area contributed by atoms with Gasteiger partial charge in [0.1, 0.15) is 11.9 Å². The number of nitriles is 1. The number of halogens is 5. The largest absolute Gasteiger partial charge is 0.453 e. The molecule has 3 N–H and O–H groups in total. The third-order valence-electron chi connectivity index (χ3n) is 3.34. The number of hydrogen-bond acceptors (Lipinski definition) is 5. The Hall–Kier alpha value is -2.44. The minimum absolute atomic E-state index is 0.0730. The van der Waals surface area contributed by atoms with Crippen LogP contribution in [0.2, 0.25) is 10.0 Å². The minimum Gasteiger partial charge on any atom is -0.383 e. The van der Waals surface area contributed by atoms with Crippen molar-refractivity contribution < 1.29 is 13.2 Å². The van der Waals surface area contributed by atoms with Crippen LogP contribution in [-0.4, -0.2) is 14.8 Å². The zero-order chi connectivity index (χ0) is 17.6. The summed E-state index contributed by atoms with van der Waals surface area (Å²) < 4.78 is 39.1. The number of fused-ring (bicyclic) bond motifs is 1. The van der Waals surface area contributed by atoms with Crippen molar-refractivity contribution in [3.05, 3.63) is 45.2 Å². The second kappa shape index (κ2) is 5.58. The van der Waals surface area contributed by atoms with E-state index in [4.69, 9.17) is 28.9 Å². The van der Waals surface area contributed by atoms with Crippen molar-refractivity contribution in [3.8, 4) is 6.07 Å². The highest BCUT2D eigenvalue weighted by atomic mass is 35.5. The summed E-state index contributed by atoms with van der Waals surface area (Å²) in [5, 5.41) is 15.8. The molecule has 0 fully saturated rings. The number of nitrogens with one attached hydrogen (secondary N) is 1. The first-order valence-electron chi connectivity index (χ1n) is 6.39. The summed E-state index contributed by atoms with van der Waals surface area (Å²) in [6.45, 7) is 0. The van der Waals surface area contributed by atoms with E-state index >= 15 is 0 Å². The summed E-state index contributed by atoms with van der Waals surface area (Å²) in [6, 6.07) is 5.57. The number of anilines is 1. The molecule has 6 nitrogen and oxygen atoms in total. The Morgan fingerprint density at radius 1 is 1.29 bits per heavy atom. The Morgan fingerprint density at radius 2 is 1.92 bits per heavy atom. The van der Waals surface area contributed by atoms with Crippen LogP contribution in [0.15, 0.2) is 23.8 Å². The van der Waals surface area contributed by atoms with Crippen LogP contribution in [0.1, 0.15) is 17.4 Å². The Morgan fingerprint density at radius 3 is 2.46 bits per heavy atom. The molecule has 1 aliphatic rings. The summed E-state index contributed by atoms with van der Waals surface area (Å²) >= 11 is 12.2. The monoisotopic (exact) mass is 374 g/mol. The number of benzene rings is 1. The van der Waals surface area contributed by atoms with Crippen molar-refractivity contribution in [2.24, 2.45) is 5.73 Å². The van der Waals surface area contributed by atoms with Crippen LogP contribution in [0.25, 0.3) is 5.82 Å². The number of aromatic nitrogens is 3. The van der Waals surface area contributed by atoms with Gasteiger partial charge in [-0.1, -0.05) is 29.3 Å². The van der Waals surface area contributed by atoms with Gasteiger partial charge in [0, 0.05) is 15.6 Å². The highest BCUT2D eigenvalue weighted by molar-refractivity contribution is 6.36. The molecule has 1 aromatic carbocycles. The lowest BCUT2D eigenvalue weighted by atomic mass is 9.98. The van der Waals surface area contributed by atoms with E-state index in [2.05, 4.69) is 15.4 Å². The Balaban J connectivity index is 2.18. The van der Waals surface area contributed by atoms with Gasteiger partial charge >= 0.3 is 6.18 Å². The van der Waals surface area contributed by atoms with Crippen LogP contribution >= 0.6 is 23.2 Å². The van der Waals surface area contributed by atoms with Gasteiger partial charge in [0.15, 0.2) is 0 Å². The minimum atomic E-state index is -4.75. The summed E-state index contributed by atoms with van der Waals surface area (Å²) in [4.78, 5) is 3.38. The number of rotatable bonds is 1. The molecule has 2 heterocycles. The van der Waals surface area contributed by atoms with E-state index in [1.165, 1.54) is 12.1 Å². The zero-order valence-corrected chi connectivity index (χ0v) is 13.1. The van der Waals surface area contributed by atoms with Crippen molar-refractivity contribution >= 4 is 35.0 Å². The van der Waals surface area contributed by atoms with Crippen molar-refractivity contribution in [2.75, 3.05) is 5.32 Å². The van der Waals surface area contributed by atoms with Crippen LogP contribution in [0.4, 0.5) is 19.1 Å². The van der Waals surface area contributed by atoms with Gasteiger partial charge in [-0.15, -0.1) is 5.10 Å². The maximum Gasteiger partial charge on any atom is 0.453 e. The molecule has 1 aromatic heterocycles. The fourth-order valence-corrected chi connectivity index (χ4v) is 2.90. The van der Waals surface area contributed by atoms with Gasteiger partial charge in [-0.2, -0.15) is 28.1 Å². The van der Waals surface area contributed by atoms with Gasteiger partial charge in [0.2, 0.25) is 5.95 Å². The third-order valence-corrected chi connectivity index (χ3v) is 3.99. The maximum absolute atomic E-state index is 12.8. The number of nitrogens with zero attached hydrogens (tertiary/aromatic N) is 4. The predicted octanol–water partition coefficient (Wildman–Crippen LogP) is 3.42. The lowest BCUT2D eigenvalue weighted by Crippen LogP contribution is -2.27. The molecule has 24 heavy (non-hydrogen) atoms. The van der Waals surface area contributed by atoms with Gasteiger partial charge in [-0.05, 0) is 12.1 Å². The molecule has 3 rings (SSSR count). The summed E-state index contributed by atoms with van der Waals surface area (Å²) in [6.07, 6.45) is -4.75. The lowest BCUT2D eigenvalue weighted by molar-refractivity contribution is -0.144. The van der Waals surface area contributed by atoms with Crippen molar-refractivity contribution in [3.63, 3.8) is 0 Å².